The van der Waals surface area contributed by atoms with E-state index in [9.17, 15) is 13.2 Å². The Kier molecular flexibility index (Phi) is 7.33. The maximum Gasteiger partial charge on any atom is 0.221 e. The molecule has 0 rings (SSSR count). The molecule has 0 aromatic heterocycles. The lowest BCUT2D eigenvalue weighted by molar-refractivity contribution is -0.120. The molecular formula is C10H22N2O3S. The van der Waals surface area contributed by atoms with Crippen LogP contribution in [0, 0.1) is 0 Å². The number of carbonyl (C=O) groups excluding carboxylic acids is 1. The SMILES string of the molecule is CCCCCNC(=O)CCS(=O)(=O)N(C)C. The summed E-state index contributed by atoms with van der Waals surface area (Å²) in [6, 6.07) is 0. The first-order valence-electron chi connectivity index (χ1n) is 5.57. The maximum atomic E-state index is 11.4. The third-order valence-electron chi connectivity index (χ3n) is 2.25. The zero-order chi connectivity index (χ0) is 12.6. The zero-order valence-electron chi connectivity index (χ0n) is 10.3. The van der Waals surface area contributed by atoms with E-state index in [1.165, 1.54) is 14.1 Å². The number of carbonyl (C=O) groups is 1. The topological polar surface area (TPSA) is 66.5 Å². The maximum absolute atomic E-state index is 11.4. The third kappa shape index (κ3) is 6.79. The quantitative estimate of drug-likeness (QED) is 0.641. The molecule has 6 heteroatoms. The van der Waals surface area contributed by atoms with Gasteiger partial charge in [0.25, 0.3) is 0 Å². The summed E-state index contributed by atoms with van der Waals surface area (Å²) in [7, 11) is -0.323. The van der Waals surface area contributed by atoms with Crippen molar-refractivity contribution in [3.63, 3.8) is 0 Å². The highest BCUT2D eigenvalue weighted by Crippen LogP contribution is 1.97. The summed E-state index contributed by atoms with van der Waals surface area (Å²) in [5, 5.41) is 2.71. The van der Waals surface area contributed by atoms with E-state index in [0.717, 1.165) is 23.6 Å². The number of hydrogen-bond acceptors (Lipinski definition) is 3. The van der Waals surface area contributed by atoms with Gasteiger partial charge in [-0.2, -0.15) is 0 Å². The molecule has 0 aliphatic carbocycles. The van der Waals surface area contributed by atoms with Gasteiger partial charge in [-0.25, -0.2) is 12.7 Å². The van der Waals surface area contributed by atoms with Crippen LogP contribution in [0.5, 0.6) is 0 Å². The molecule has 0 heterocycles. The molecule has 16 heavy (non-hydrogen) atoms. The van der Waals surface area contributed by atoms with Crippen molar-refractivity contribution >= 4 is 15.9 Å². The van der Waals surface area contributed by atoms with Crippen LogP contribution in [-0.4, -0.2) is 45.0 Å². The average molecular weight is 250 g/mol. The summed E-state index contributed by atoms with van der Waals surface area (Å²) in [6.07, 6.45) is 3.16. The number of rotatable bonds is 8. The van der Waals surface area contributed by atoms with Crippen LogP contribution in [0.25, 0.3) is 0 Å². The van der Waals surface area contributed by atoms with Gasteiger partial charge in [-0.15, -0.1) is 0 Å². The summed E-state index contributed by atoms with van der Waals surface area (Å²) < 4.78 is 23.9. The second kappa shape index (κ2) is 7.62. The minimum absolute atomic E-state index is 0.0344. The van der Waals surface area contributed by atoms with E-state index in [4.69, 9.17) is 0 Å². The van der Waals surface area contributed by atoms with Crippen LogP contribution in [-0.2, 0) is 14.8 Å². The smallest absolute Gasteiger partial charge is 0.221 e. The summed E-state index contributed by atoms with van der Waals surface area (Å²) in [5.41, 5.74) is 0. The average Bonchev–Trinajstić information content (AvgIpc) is 2.21. The summed E-state index contributed by atoms with van der Waals surface area (Å²) in [4.78, 5) is 11.3. The fourth-order valence-corrected chi connectivity index (χ4v) is 1.90. The highest BCUT2D eigenvalue weighted by atomic mass is 32.2. The summed E-state index contributed by atoms with van der Waals surface area (Å²) in [6.45, 7) is 2.72. The summed E-state index contributed by atoms with van der Waals surface area (Å²) in [5.74, 6) is -0.318. The Labute approximate surface area is 98.3 Å². The Hall–Kier alpha value is -0.620. The standard InChI is InChI=1S/C10H22N2O3S/c1-4-5-6-8-11-10(13)7-9-16(14,15)12(2)3/h4-9H2,1-3H3,(H,11,13). The number of nitrogens with zero attached hydrogens (tertiary/aromatic N) is 1. The molecule has 0 saturated carbocycles. The van der Waals surface area contributed by atoms with E-state index < -0.39 is 10.0 Å². The van der Waals surface area contributed by atoms with Gasteiger partial charge in [0.15, 0.2) is 0 Å². The third-order valence-corrected chi connectivity index (χ3v) is 4.08. The first-order valence-corrected chi connectivity index (χ1v) is 7.18. The highest BCUT2D eigenvalue weighted by molar-refractivity contribution is 7.89. The fraction of sp³-hybridized carbons (Fsp3) is 0.900. The molecule has 0 radical (unpaired) electrons. The van der Waals surface area contributed by atoms with Crippen molar-refractivity contribution in [3.05, 3.63) is 0 Å². The van der Waals surface area contributed by atoms with Gasteiger partial charge in [0.1, 0.15) is 0 Å². The predicted molar refractivity (Wildman–Crippen MR) is 64.6 cm³/mol. The van der Waals surface area contributed by atoms with Crippen molar-refractivity contribution < 1.29 is 13.2 Å². The molecule has 1 N–H and O–H groups in total. The van der Waals surface area contributed by atoms with Gasteiger partial charge in [-0.05, 0) is 6.42 Å². The predicted octanol–water partition coefficient (Wildman–Crippen LogP) is 0.574. The molecule has 0 aliphatic rings. The molecule has 0 spiro atoms. The lowest BCUT2D eigenvalue weighted by Crippen LogP contribution is -2.30. The number of sulfonamides is 1. The Morgan fingerprint density at radius 3 is 2.38 bits per heavy atom. The fourth-order valence-electron chi connectivity index (χ4n) is 1.10. The molecule has 0 aromatic rings. The van der Waals surface area contributed by atoms with Gasteiger partial charge < -0.3 is 5.32 Å². The van der Waals surface area contributed by atoms with Crippen LogP contribution < -0.4 is 5.32 Å². The second-order valence-electron chi connectivity index (χ2n) is 3.91. The Morgan fingerprint density at radius 2 is 1.88 bits per heavy atom. The minimum atomic E-state index is -3.26. The molecular weight excluding hydrogens is 228 g/mol. The van der Waals surface area contributed by atoms with Crippen LogP contribution >= 0.6 is 0 Å². The van der Waals surface area contributed by atoms with Crippen molar-refractivity contribution in [2.45, 2.75) is 32.6 Å². The highest BCUT2D eigenvalue weighted by Gasteiger charge is 2.15. The van der Waals surface area contributed by atoms with Gasteiger partial charge in [-0.1, -0.05) is 19.8 Å². The van der Waals surface area contributed by atoms with Crippen molar-refractivity contribution in [1.29, 1.82) is 0 Å². The van der Waals surface area contributed by atoms with Crippen LogP contribution in [0.1, 0.15) is 32.6 Å². The van der Waals surface area contributed by atoms with Crippen LogP contribution in [0.4, 0.5) is 0 Å². The van der Waals surface area contributed by atoms with Crippen LogP contribution in [0.3, 0.4) is 0 Å². The number of hydrogen-bond donors (Lipinski definition) is 1. The van der Waals surface area contributed by atoms with Gasteiger partial charge >= 0.3 is 0 Å². The first-order chi connectivity index (χ1) is 7.40. The Bertz CT molecular complexity index is 299. The molecule has 0 aromatic carbocycles. The van der Waals surface area contributed by atoms with Gasteiger partial charge in [0, 0.05) is 27.1 Å². The molecule has 0 saturated heterocycles. The van der Waals surface area contributed by atoms with Crippen molar-refractivity contribution in [1.82, 2.24) is 9.62 Å². The number of unbranched alkanes of at least 4 members (excludes halogenated alkanes) is 2. The van der Waals surface area contributed by atoms with E-state index in [-0.39, 0.29) is 18.1 Å². The van der Waals surface area contributed by atoms with E-state index in [1.54, 1.807) is 0 Å². The minimum Gasteiger partial charge on any atom is -0.356 e. The van der Waals surface area contributed by atoms with E-state index in [0.29, 0.717) is 6.54 Å². The Balaban J connectivity index is 3.74. The molecule has 1 amide bonds. The van der Waals surface area contributed by atoms with Crippen molar-refractivity contribution in [3.8, 4) is 0 Å². The molecule has 0 aliphatic heterocycles. The lowest BCUT2D eigenvalue weighted by Gasteiger charge is -2.10. The molecule has 0 fully saturated rings. The van der Waals surface area contributed by atoms with E-state index in [2.05, 4.69) is 12.2 Å². The van der Waals surface area contributed by atoms with E-state index in [1.807, 2.05) is 0 Å². The van der Waals surface area contributed by atoms with Gasteiger partial charge in [-0.3, -0.25) is 4.79 Å². The molecule has 0 unspecified atom stereocenters. The Morgan fingerprint density at radius 1 is 1.25 bits per heavy atom. The van der Waals surface area contributed by atoms with Crippen LogP contribution in [0.15, 0.2) is 0 Å². The normalized spacial score (nSPS) is 11.8. The van der Waals surface area contributed by atoms with Crippen molar-refractivity contribution in [2.75, 3.05) is 26.4 Å². The first kappa shape index (κ1) is 15.4. The number of amides is 1. The van der Waals surface area contributed by atoms with Gasteiger partial charge in [0.2, 0.25) is 15.9 Å². The zero-order valence-corrected chi connectivity index (χ0v) is 11.1. The number of nitrogens with one attached hydrogen (secondary N) is 1. The van der Waals surface area contributed by atoms with Crippen LogP contribution in [0.2, 0.25) is 0 Å². The molecule has 0 atom stereocenters. The monoisotopic (exact) mass is 250 g/mol. The lowest BCUT2D eigenvalue weighted by atomic mass is 10.2. The largest absolute Gasteiger partial charge is 0.356 e. The molecule has 5 nitrogen and oxygen atoms in total. The second-order valence-corrected chi connectivity index (χ2v) is 6.21. The van der Waals surface area contributed by atoms with Crippen molar-refractivity contribution in [2.24, 2.45) is 0 Å². The van der Waals surface area contributed by atoms with E-state index >= 15 is 0 Å². The molecule has 96 valence electrons. The van der Waals surface area contributed by atoms with Gasteiger partial charge in [0.05, 0.1) is 5.75 Å². The molecule has 0 bridgehead atoms. The summed E-state index contributed by atoms with van der Waals surface area (Å²) >= 11 is 0.